The molecule has 6 heteroatoms. The van der Waals surface area contributed by atoms with E-state index in [9.17, 15) is 4.79 Å². The molecule has 124 valence electrons. The minimum absolute atomic E-state index is 0. The fourth-order valence-corrected chi connectivity index (χ4v) is 2.07. The number of carbonyl (C=O) groups is 1. The van der Waals surface area contributed by atoms with Crippen molar-refractivity contribution in [3.8, 4) is 0 Å². The first-order valence-corrected chi connectivity index (χ1v) is 7.25. The Morgan fingerprint density at radius 2 is 1.78 bits per heavy atom. The zero-order chi connectivity index (χ0) is 15.9. The van der Waals surface area contributed by atoms with Crippen LogP contribution in [0, 0.1) is 0 Å². The van der Waals surface area contributed by atoms with Crippen LogP contribution in [0.2, 0.25) is 0 Å². The van der Waals surface area contributed by atoms with E-state index in [1.807, 2.05) is 49.3 Å². The number of hydrogen-bond donors (Lipinski definition) is 1. The minimum atomic E-state index is -0.0781. The maximum atomic E-state index is 12.7. The molecule has 0 atom stereocenters. The van der Waals surface area contributed by atoms with Crippen LogP contribution in [0.1, 0.15) is 16.1 Å². The number of carbonyl (C=O) groups excluding carboxylic acids is 1. The largest absolute Gasteiger partial charge is 0.397 e. The third-order valence-electron chi connectivity index (χ3n) is 3.33. The maximum Gasteiger partial charge on any atom is 0.272 e. The monoisotopic (exact) mass is 334 g/mol. The van der Waals surface area contributed by atoms with E-state index >= 15 is 0 Å². The molecule has 2 aromatic rings. The molecule has 23 heavy (non-hydrogen) atoms. The molecule has 1 heterocycles. The number of rotatable bonds is 6. The molecule has 2 N–H and O–H groups in total. The SMILES string of the molecule is CN(C)CCN(Cc1ccccc1)C(=O)c1ccc(N)cn1.Cl. The second kappa shape index (κ2) is 9.12. The number of nitrogens with two attached hydrogens (primary N) is 1. The van der Waals surface area contributed by atoms with E-state index in [2.05, 4.69) is 9.88 Å². The van der Waals surface area contributed by atoms with Gasteiger partial charge in [-0.15, -0.1) is 12.4 Å². The zero-order valence-electron chi connectivity index (χ0n) is 13.5. The van der Waals surface area contributed by atoms with Gasteiger partial charge in [-0.25, -0.2) is 4.98 Å². The molecule has 1 aromatic carbocycles. The second-order valence-electron chi connectivity index (χ2n) is 5.49. The molecule has 0 saturated heterocycles. The first-order valence-electron chi connectivity index (χ1n) is 7.25. The van der Waals surface area contributed by atoms with E-state index in [0.29, 0.717) is 24.5 Å². The Kier molecular flexibility index (Phi) is 7.51. The Hall–Kier alpha value is -2.11. The van der Waals surface area contributed by atoms with Crippen molar-refractivity contribution in [2.45, 2.75) is 6.54 Å². The number of anilines is 1. The van der Waals surface area contributed by atoms with Crippen LogP contribution >= 0.6 is 12.4 Å². The third kappa shape index (κ3) is 5.88. The molecule has 5 nitrogen and oxygen atoms in total. The van der Waals surface area contributed by atoms with Gasteiger partial charge in [-0.1, -0.05) is 30.3 Å². The van der Waals surface area contributed by atoms with E-state index in [-0.39, 0.29) is 18.3 Å². The predicted molar refractivity (Wildman–Crippen MR) is 95.6 cm³/mol. The molecule has 2 rings (SSSR count). The molecular weight excluding hydrogens is 312 g/mol. The Morgan fingerprint density at radius 1 is 1.09 bits per heavy atom. The fourth-order valence-electron chi connectivity index (χ4n) is 2.07. The van der Waals surface area contributed by atoms with Gasteiger partial charge in [0.1, 0.15) is 5.69 Å². The average Bonchev–Trinajstić information content (AvgIpc) is 2.52. The Morgan fingerprint density at radius 3 is 2.35 bits per heavy atom. The molecule has 0 unspecified atom stereocenters. The Labute approximate surface area is 143 Å². The maximum absolute atomic E-state index is 12.7. The van der Waals surface area contributed by atoms with Gasteiger partial charge >= 0.3 is 0 Å². The lowest BCUT2D eigenvalue weighted by Gasteiger charge is -2.24. The molecule has 0 aliphatic carbocycles. The number of halogens is 1. The molecule has 0 radical (unpaired) electrons. The molecule has 0 bridgehead atoms. The van der Waals surface area contributed by atoms with Gasteiger partial charge in [0.05, 0.1) is 11.9 Å². The predicted octanol–water partition coefficient (Wildman–Crippen LogP) is 2.29. The van der Waals surface area contributed by atoms with Gasteiger partial charge in [0, 0.05) is 19.6 Å². The zero-order valence-corrected chi connectivity index (χ0v) is 14.3. The topological polar surface area (TPSA) is 62.5 Å². The highest BCUT2D eigenvalue weighted by Gasteiger charge is 2.17. The number of nitrogens with zero attached hydrogens (tertiary/aromatic N) is 3. The third-order valence-corrected chi connectivity index (χ3v) is 3.33. The molecule has 0 fully saturated rings. The van der Waals surface area contributed by atoms with E-state index in [4.69, 9.17) is 5.73 Å². The summed E-state index contributed by atoms with van der Waals surface area (Å²) in [4.78, 5) is 20.7. The van der Waals surface area contributed by atoms with Gasteiger partial charge in [-0.3, -0.25) is 4.79 Å². The highest BCUT2D eigenvalue weighted by Crippen LogP contribution is 2.10. The number of likely N-dealkylation sites (N-methyl/N-ethyl adjacent to an activating group) is 1. The number of hydrogen-bond acceptors (Lipinski definition) is 4. The van der Waals surface area contributed by atoms with Crippen molar-refractivity contribution in [3.63, 3.8) is 0 Å². The second-order valence-corrected chi connectivity index (χ2v) is 5.49. The van der Waals surface area contributed by atoms with Crippen LogP contribution in [0.4, 0.5) is 5.69 Å². The lowest BCUT2D eigenvalue weighted by Crippen LogP contribution is -2.36. The number of aromatic nitrogens is 1. The lowest BCUT2D eigenvalue weighted by atomic mass is 10.2. The molecule has 1 aromatic heterocycles. The number of nitrogen functional groups attached to an aromatic ring is 1. The van der Waals surface area contributed by atoms with Gasteiger partial charge in [-0.05, 0) is 31.8 Å². The summed E-state index contributed by atoms with van der Waals surface area (Å²) in [6.45, 7) is 2.01. The molecular formula is C17H23ClN4O. The summed E-state index contributed by atoms with van der Waals surface area (Å²) in [6, 6.07) is 13.3. The van der Waals surface area contributed by atoms with Crippen LogP contribution in [0.5, 0.6) is 0 Å². The van der Waals surface area contributed by atoms with E-state index in [1.54, 1.807) is 12.1 Å². The summed E-state index contributed by atoms with van der Waals surface area (Å²) >= 11 is 0. The summed E-state index contributed by atoms with van der Waals surface area (Å²) in [5, 5.41) is 0. The Balaban J connectivity index is 0.00000264. The first-order chi connectivity index (χ1) is 10.6. The van der Waals surface area contributed by atoms with Gasteiger partial charge in [0.15, 0.2) is 0 Å². The van der Waals surface area contributed by atoms with Crippen molar-refractivity contribution in [1.82, 2.24) is 14.8 Å². The van der Waals surface area contributed by atoms with Crippen molar-refractivity contribution in [3.05, 3.63) is 59.9 Å². The van der Waals surface area contributed by atoms with Crippen LogP contribution in [-0.4, -0.2) is 47.9 Å². The molecule has 0 spiro atoms. The normalized spacial score (nSPS) is 10.2. The molecule has 0 aliphatic rings. The van der Waals surface area contributed by atoms with Crippen LogP contribution in [-0.2, 0) is 6.54 Å². The van der Waals surface area contributed by atoms with Crippen LogP contribution in [0.15, 0.2) is 48.7 Å². The van der Waals surface area contributed by atoms with E-state index < -0.39 is 0 Å². The number of pyridine rings is 1. The average molecular weight is 335 g/mol. The summed E-state index contributed by atoms with van der Waals surface area (Å²) in [7, 11) is 3.99. The van der Waals surface area contributed by atoms with E-state index in [0.717, 1.165) is 12.1 Å². The van der Waals surface area contributed by atoms with Crippen molar-refractivity contribution in [2.24, 2.45) is 0 Å². The smallest absolute Gasteiger partial charge is 0.272 e. The highest BCUT2D eigenvalue weighted by molar-refractivity contribution is 5.92. The van der Waals surface area contributed by atoms with Gasteiger partial charge in [0.2, 0.25) is 0 Å². The van der Waals surface area contributed by atoms with Crippen LogP contribution < -0.4 is 5.73 Å². The lowest BCUT2D eigenvalue weighted by molar-refractivity contribution is 0.0726. The van der Waals surface area contributed by atoms with Crippen molar-refractivity contribution in [1.29, 1.82) is 0 Å². The summed E-state index contributed by atoms with van der Waals surface area (Å²) < 4.78 is 0. The van der Waals surface area contributed by atoms with Crippen molar-refractivity contribution < 1.29 is 4.79 Å². The number of benzene rings is 1. The fraction of sp³-hybridized carbons (Fsp3) is 0.294. The molecule has 1 amide bonds. The highest BCUT2D eigenvalue weighted by atomic mass is 35.5. The summed E-state index contributed by atoms with van der Waals surface area (Å²) in [6.07, 6.45) is 1.51. The van der Waals surface area contributed by atoms with Crippen LogP contribution in [0.25, 0.3) is 0 Å². The van der Waals surface area contributed by atoms with Gasteiger partial charge in [-0.2, -0.15) is 0 Å². The first kappa shape index (κ1) is 18.9. The van der Waals surface area contributed by atoms with Crippen molar-refractivity contribution in [2.75, 3.05) is 32.9 Å². The molecule has 0 aliphatic heterocycles. The summed E-state index contributed by atoms with van der Waals surface area (Å²) in [5.74, 6) is -0.0781. The van der Waals surface area contributed by atoms with Gasteiger partial charge in [0.25, 0.3) is 5.91 Å². The Bertz CT molecular complexity index is 602. The summed E-state index contributed by atoms with van der Waals surface area (Å²) in [5.41, 5.74) is 7.71. The van der Waals surface area contributed by atoms with Crippen molar-refractivity contribution >= 4 is 24.0 Å². The standard InChI is InChI=1S/C17H22N4O.ClH/c1-20(2)10-11-21(13-14-6-4-3-5-7-14)17(22)16-9-8-15(18)12-19-16;/h3-9,12H,10-11,13,18H2,1-2H3;1H. The van der Waals surface area contributed by atoms with E-state index in [1.165, 1.54) is 6.20 Å². The number of amides is 1. The quantitative estimate of drug-likeness (QED) is 0.880. The molecule has 0 saturated carbocycles. The van der Waals surface area contributed by atoms with Gasteiger partial charge < -0.3 is 15.5 Å². The van der Waals surface area contributed by atoms with Crippen LogP contribution in [0.3, 0.4) is 0 Å². The minimum Gasteiger partial charge on any atom is -0.397 e.